The highest BCUT2D eigenvalue weighted by molar-refractivity contribution is 7.15. The molecule has 1 heterocycles. The lowest BCUT2D eigenvalue weighted by Gasteiger charge is -2.08. The van der Waals surface area contributed by atoms with Gasteiger partial charge in [-0.1, -0.05) is 29.0 Å². The first-order chi connectivity index (χ1) is 14.5. The Kier molecular flexibility index (Phi) is 6.95. The lowest BCUT2D eigenvalue weighted by molar-refractivity contribution is 0.102. The fourth-order valence-corrected chi connectivity index (χ4v) is 3.27. The number of nitriles is 1. The summed E-state index contributed by atoms with van der Waals surface area (Å²) in [6, 6.07) is 12.4. The highest BCUT2D eigenvalue weighted by atomic mass is 35.5. The van der Waals surface area contributed by atoms with Crippen LogP contribution in [0, 0.1) is 17.1 Å². The number of hydrogen-bond acceptors (Lipinski definition) is 7. The van der Waals surface area contributed by atoms with Gasteiger partial charge in [0.15, 0.2) is 23.1 Å². The number of amides is 1. The summed E-state index contributed by atoms with van der Waals surface area (Å²) in [6.07, 6.45) is 1.64. The number of rotatable bonds is 7. The van der Waals surface area contributed by atoms with Crippen LogP contribution in [-0.4, -0.2) is 29.8 Å². The summed E-state index contributed by atoms with van der Waals surface area (Å²) in [5.41, 5.74) is 1.14. The molecule has 0 aliphatic heterocycles. The molecule has 1 N–H and O–H groups in total. The second-order valence-electron chi connectivity index (χ2n) is 5.72. The van der Waals surface area contributed by atoms with Crippen molar-refractivity contribution < 1.29 is 18.7 Å². The van der Waals surface area contributed by atoms with Gasteiger partial charge in [0, 0.05) is 5.69 Å². The van der Waals surface area contributed by atoms with E-state index in [0.717, 1.165) is 11.3 Å². The SMILES string of the molecule is COc1cc(/C=C(\Cl)c2nnc(C(=O)Nc3ccc(F)cc3)s2)ccc1OCC#N. The quantitative estimate of drug-likeness (QED) is 0.573. The van der Waals surface area contributed by atoms with Crippen molar-refractivity contribution in [2.45, 2.75) is 0 Å². The van der Waals surface area contributed by atoms with Crippen LogP contribution in [0.1, 0.15) is 20.4 Å². The minimum Gasteiger partial charge on any atom is -0.493 e. The average molecular weight is 445 g/mol. The Morgan fingerprint density at radius 3 is 2.67 bits per heavy atom. The molecule has 0 radical (unpaired) electrons. The first-order valence-corrected chi connectivity index (χ1v) is 9.65. The maximum atomic E-state index is 13.0. The van der Waals surface area contributed by atoms with Gasteiger partial charge in [0.05, 0.1) is 12.1 Å². The summed E-state index contributed by atoms with van der Waals surface area (Å²) in [6.45, 7) is -0.0974. The van der Waals surface area contributed by atoms with Crippen LogP contribution in [0.5, 0.6) is 11.5 Å². The van der Waals surface area contributed by atoms with Crippen molar-refractivity contribution >= 4 is 45.6 Å². The summed E-state index contributed by atoms with van der Waals surface area (Å²) in [7, 11) is 1.49. The lowest BCUT2D eigenvalue weighted by atomic mass is 10.2. The summed E-state index contributed by atoms with van der Waals surface area (Å²) in [4.78, 5) is 12.3. The molecule has 0 aliphatic rings. The highest BCUT2D eigenvalue weighted by Crippen LogP contribution is 2.31. The zero-order chi connectivity index (χ0) is 21.5. The van der Waals surface area contributed by atoms with Gasteiger partial charge in [-0.05, 0) is 48.0 Å². The Labute approximate surface area is 180 Å². The zero-order valence-corrected chi connectivity index (χ0v) is 17.1. The summed E-state index contributed by atoms with van der Waals surface area (Å²) < 4.78 is 23.5. The van der Waals surface area contributed by atoms with Gasteiger partial charge >= 0.3 is 0 Å². The van der Waals surface area contributed by atoms with E-state index in [9.17, 15) is 9.18 Å². The number of hydrogen-bond donors (Lipinski definition) is 1. The molecule has 1 amide bonds. The standard InChI is InChI=1S/C20H14ClFN4O3S/c1-28-17-11-12(2-7-16(17)29-9-8-23)10-15(21)19-25-26-20(30-19)18(27)24-14-5-3-13(22)4-6-14/h2-7,10-11H,9H2,1H3,(H,24,27)/b15-10-. The van der Waals surface area contributed by atoms with Gasteiger partial charge in [-0.25, -0.2) is 4.39 Å². The number of aromatic nitrogens is 2. The Bertz CT molecular complexity index is 1130. The third kappa shape index (κ3) is 5.31. The average Bonchev–Trinajstić information content (AvgIpc) is 3.25. The maximum absolute atomic E-state index is 13.0. The van der Waals surface area contributed by atoms with E-state index in [1.54, 1.807) is 24.3 Å². The molecule has 0 saturated carbocycles. The fraction of sp³-hybridized carbons (Fsp3) is 0.100. The van der Waals surface area contributed by atoms with Crippen molar-refractivity contribution in [2.75, 3.05) is 19.0 Å². The van der Waals surface area contributed by atoms with Gasteiger partial charge in [0.1, 0.15) is 11.9 Å². The van der Waals surface area contributed by atoms with E-state index in [4.69, 9.17) is 26.3 Å². The van der Waals surface area contributed by atoms with E-state index in [1.807, 2.05) is 6.07 Å². The molecule has 2 aromatic carbocycles. The van der Waals surface area contributed by atoms with Crippen LogP contribution >= 0.6 is 22.9 Å². The molecule has 3 rings (SSSR count). The number of benzene rings is 2. The van der Waals surface area contributed by atoms with Crippen molar-refractivity contribution in [3.05, 3.63) is 63.9 Å². The van der Waals surface area contributed by atoms with E-state index in [1.165, 1.54) is 31.4 Å². The van der Waals surface area contributed by atoms with Crippen molar-refractivity contribution in [3.63, 3.8) is 0 Å². The molecule has 0 unspecified atom stereocenters. The number of halogens is 2. The smallest absolute Gasteiger partial charge is 0.286 e. The number of methoxy groups -OCH3 is 1. The highest BCUT2D eigenvalue weighted by Gasteiger charge is 2.15. The number of ether oxygens (including phenoxy) is 2. The molecule has 0 fully saturated rings. The predicted octanol–water partition coefficient (Wildman–Crippen LogP) is 4.58. The van der Waals surface area contributed by atoms with E-state index in [0.29, 0.717) is 27.8 Å². The normalized spacial score (nSPS) is 10.9. The number of anilines is 1. The molecule has 0 bridgehead atoms. The zero-order valence-electron chi connectivity index (χ0n) is 15.6. The molecule has 152 valence electrons. The second kappa shape index (κ2) is 9.82. The van der Waals surface area contributed by atoms with Crippen LogP contribution in [0.2, 0.25) is 0 Å². The lowest BCUT2D eigenvalue weighted by Crippen LogP contribution is -2.11. The van der Waals surface area contributed by atoms with Gasteiger partial charge in [0.2, 0.25) is 5.01 Å². The molecular weight excluding hydrogens is 431 g/mol. The van der Waals surface area contributed by atoms with Crippen LogP contribution < -0.4 is 14.8 Å². The Balaban J connectivity index is 1.74. The van der Waals surface area contributed by atoms with Crippen LogP contribution in [0.15, 0.2) is 42.5 Å². The van der Waals surface area contributed by atoms with E-state index in [2.05, 4.69) is 15.5 Å². The van der Waals surface area contributed by atoms with Gasteiger partial charge in [-0.15, -0.1) is 10.2 Å². The largest absolute Gasteiger partial charge is 0.493 e. The molecule has 30 heavy (non-hydrogen) atoms. The van der Waals surface area contributed by atoms with E-state index >= 15 is 0 Å². The van der Waals surface area contributed by atoms with Crippen molar-refractivity contribution in [2.24, 2.45) is 0 Å². The molecule has 0 spiro atoms. The Hall–Kier alpha value is -3.48. The number of carbonyl (C=O) groups excluding carboxylic acids is 1. The molecule has 0 aliphatic carbocycles. The predicted molar refractivity (Wildman–Crippen MR) is 112 cm³/mol. The van der Waals surface area contributed by atoms with Gasteiger partial charge in [0.25, 0.3) is 5.91 Å². The fourth-order valence-electron chi connectivity index (χ4n) is 2.34. The van der Waals surface area contributed by atoms with E-state index < -0.39 is 11.7 Å². The minimum atomic E-state index is -0.476. The molecule has 7 nitrogen and oxygen atoms in total. The van der Waals surface area contributed by atoms with Crippen LogP contribution in [0.4, 0.5) is 10.1 Å². The molecule has 1 aromatic heterocycles. The van der Waals surface area contributed by atoms with Crippen LogP contribution in [0.25, 0.3) is 11.1 Å². The summed E-state index contributed by atoms with van der Waals surface area (Å²) in [5.74, 6) is 0.00276. The Morgan fingerprint density at radius 1 is 1.23 bits per heavy atom. The molecular formula is C20H14ClFN4O3S. The number of carbonyl (C=O) groups is 1. The van der Waals surface area contributed by atoms with Gasteiger partial charge in [-0.2, -0.15) is 5.26 Å². The first kappa shape index (κ1) is 21.2. The summed E-state index contributed by atoms with van der Waals surface area (Å²) >= 11 is 7.35. The second-order valence-corrected chi connectivity index (χ2v) is 7.11. The third-order valence-electron chi connectivity index (χ3n) is 3.70. The van der Waals surface area contributed by atoms with Gasteiger partial charge in [-0.3, -0.25) is 4.79 Å². The third-order valence-corrected chi connectivity index (χ3v) is 5.05. The minimum absolute atomic E-state index is 0.0974. The van der Waals surface area contributed by atoms with Crippen molar-refractivity contribution in [1.29, 1.82) is 5.26 Å². The summed E-state index contributed by atoms with van der Waals surface area (Å²) in [5, 5.41) is 19.8. The first-order valence-electron chi connectivity index (χ1n) is 8.46. The molecule has 10 heteroatoms. The van der Waals surface area contributed by atoms with Crippen LogP contribution in [0.3, 0.4) is 0 Å². The van der Waals surface area contributed by atoms with E-state index in [-0.39, 0.29) is 16.6 Å². The van der Waals surface area contributed by atoms with Gasteiger partial charge < -0.3 is 14.8 Å². The van der Waals surface area contributed by atoms with Crippen LogP contribution in [-0.2, 0) is 0 Å². The molecule has 0 atom stereocenters. The number of nitrogens with zero attached hydrogens (tertiary/aromatic N) is 3. The number of nitrogens with one attached hydrogen (secondary N) is 1. The Morgan fingerprint density at radius 2 is 1.97 bits per heavy atom. The molecule has 0 saturated heterocycles. The topological polar surface area (TPSA) is 97.1 Å². The monoisotopic (exact) mass is 444 g/mol. The van der Waals surface area contributed by atoms with Crippen molar-refractivity contribution in [1.82, 2.24) is 10.2 Å². The maximum Gasteiger partial charge on any atom is 0.286 e. The van der Waals surface area contributed by atoms with Crippen molar-refractivity contribution in [3.8, 4) is 17.6 Å². The molecule has 3 aromatic rings.